The summed E-state index contributed by atoms with van der Waals surface area (Å²) in [5.74, 6) is 4.36. The van der Waals surface area contributed by atoms with Crippen LogP contribution in [0.25, 0.3) is 0 Å². The number of fused-ring (bicyclic) bond motifs is 3. The Morgan fingerprint density at radius 3 is 2.26 bits per heavy atom. The monoisotopic (exact) mass is 528 g/mol. The van der Waals surface area contributed by atoms with Gasteiger partial charge in [-0.2, -0.15) is 0 Å². The Kier molecular flexibility index (Phi) is 13.2. The molecular weight excluding hydrogens is 464 g/mol. The molecule has 3 rings (SSSR count). The van der Waals surface area contributed by atoms with E-state index in [4.69, 9.17) is 4.74 Å². The van der Waals surface area contributed by atoms with Crippen molar-refractivity contribution in [2.75, 3.05) is 6.61 Å². The Hall–Kier alpha value is -0.790. The largest absolute Gasteiger partial charge is 0.465 e. The molecule has 3 saturated carbocycles. The highest BCUT2D eigenvalue weighted by Gasteiger charge is 2.57. The van der Waals surface area contributed by atoms with Gasteiger partial charge in [-0.15, -0.1) is 0 Å². The summed E-state index contributed by atoms with van der Waals surface area (Å²) in [6, 6.07) is 0. The molecule has 3 fully saturated rings. The predicted octanol–water partition coefficient (Wildman–Crippen LogP) is 11.1. The molecule has 2 heteroatoms. The van der Waals surface area contributed by atoms with E-state index in [-0.39, 0.29) is 11.4 Å². The number of rotatable bonds is 16. The second-order valence-electron chi connectivity index (χ2n) is 14.6. The van der Waals surface area contributed by atoms with E-state index in [1.54, 1.807) is 0 Å². The first kappa shape index (κ1) is 31.7. The molecule has 6 atom stereocenters. The number of allylic oxidation sites excluding steroid dienone is 2. The zero-order valence-corrected chi connectivity index (χ0v) is 26.2. The standard InChI is InChI=1S/C36H64O2/c1-6-7-8-9-10-11-12-13-14-15-16-17-18-20-34(37)38-28-35(4)25-19-26-36(5)32-23-21-30(29(2)3)27-31(32)22-24-33(35)36/h14-15,29-33H,6-13,16-28H2,1-5H3/b15-14-/t30?,31?,32-,33?,35-,36-/m1/s1. The van der Waals surface area contributed by atoms with Gasteiger partial charge in [-0.05, 0) is 112 Å². The van der Waals surface area contributed by atoms with Crippen LogP contribution in [0.2, 0.25) is 0 Å². The molecule has 0 amide bonds. The topological polar surface area (TPSA) is 26.3 Å². The number of carbonyl (C=O) groups is 1. The van der Waals surface area contributed by atoms with E-state index in [9.17, 15) is 4.79 Å². The Bertz CT molecular complexity index is 710. The fraction of sp³-hybridized carbons (Fsp3) is 0.917. The van der Waals surface area contributed by atoms with Crippen LogP contribution in [-0.4, -0.2) is 12.6 Å². The van der Waals surface area contributed by atoms with Crippen LogP contribution in [0.3, 0.4) is 0 Å². The molecule has 0 saturated heterocycles. The van der Waals surface area contributed by atoms with Crippen LogP contribution in [-0.2, 0) is 9.53 Å². The Morgan fingerprint density at radius 2 is 1.55 bits per heavy atom. The average molecular weight is 529 g/mol. The van der Waals surface area contributed by atoms with Crippen LogP contribution in [0.15, 0.2) is 12.2 Å². The molecule has 0 N–H and O–H groups in total. The van der Waals surface area contributed by atoms with Crippen molar-refractivity contribution >= 4 is 5.97 Å². The van der Waals surface area contributed by atoms with Crippen molar-refractivity contribution in [3.8, 4) is 0 Å². The summed E-state index contributed by atoms with van der Waals surface area (Å²) in [6.45, 7) is 12.9. The Balaban J connectivity index is 1.32. The molecule has 0 radical (unpaired) electrons. The first-order valence-corrected chi connectivity index (χ1v) is 17.1. The number of esters is 1. The molecule has 0 aromatic heterocycles. The SMILES string of the molecule is CCCCCCCCC/C=C\CCCCC(=O)OC[C@@]1(C)CCC[C@@]2(C)C1CCC1CC(C(C)C)CC[C@H]12. The number of hydrogen-bond acceptors (Lipinski definition) is 2. The van der Waals surface area contributed by atoms with Crippen LogP contribution >= 0.6 is 0 Å². The van der Waals surface area contributed by atoms with Gasteiger partial charge < -0.3 is 4.74 Å². The average Bonchev–Trinajstić information content (AvgIpc) is 2.90. The highest BCUT2D eigenvalue weighted by Crippen LogP contribution is 2.64. The molecule has 2 nitrogen and oxygen atoms in total. The summed E-state index contributed by atoms with van der Waals surface area (Å²) in [5, 5.41) is 0. The molecule has 38 heavy (non-hydrogen) atoms. The van der Waals surface area contributed by atoms with E-state index in [2.05, 4.69) is 46.8 Å². The lowest BCUT2D eigenvalue weighted by atomic mass is 9.44. The summed E-state index contributed by atoms with van der Waals surface area (Å²) >= 11 is 0. The van der Waals surface area contributed by atoms with Crippen molar-refractivity contribution in [3.63, 3.8) is 0 Å². The van der Waals surface area contributed by atoms with Gasteiger partial charge in [0.15, 0.2) is 0 Å². The van der Waals surface area contributed by atoms with E-state index in [1.807, 2.05) is 0 Å². The van der Waals surface area contributed by atoms with Gasteiger partial charge in [0.05, 0.1) is 6.61 Å². The van der Waals surface area contributed by atoms with Crippen molar-refractivity contribution in [1.82, 2.24) is 0 Å². The van der Waals surface area contributed by atoms with Crippen molar-refractivity contribution < 1.29 is 9.53 Å². The fourth-order valence-corrected chi connectivity index (χ4v) is 9.09. The quantitative estimate of drug-likeness (QED) is 0.113. The molecule has 0 bridgehead atoms. The zero-order valence-electron chi connectivity index (χ0n) is 26.2. The second-order valence-corrected chi connectivity index (χ2v) is 14.6. The summed E-state index contributed by atoms with van der Waals surface area (Å²) in [6.07, 6.45) is 30.3. The van der Waals surface area contributed by atoms with Gasteiger partial charge in [-0.3, -0.25) is 4.79 Å². The van der Waals surface area contributed by atoms with Gasteiger partial charge in [0.2, 0.25) is 0 Å². The molecule has 0 heterocycles. The van der Waals surface area contributed by atoms with Gasteiger partial charge in [0.25, 0.3) is 0 Å². The normalized spacial score (nSPS) is 33.3. The maximum atomic E-state index is 12.7. The van der Waals surface area contributed by atoms with Crippen LogP contribution in [0.1, 0.15) is 163 Å². The van der Waals surface area contributed by atoms with Gasteiger partial charge in [0.1, 0.15) is 0 Å². The Labute approximate surface area is 237 Å². The van der Waals surface area contributed by atoms with Crippen molar-refractivity contribution in [1.29, 1.82) is 0 Å². The fourth-order valence-electron chi connectivity index (χ4n) is 9.09. The Morgan fingerprint density at radius 1 is 0.868 bits per heavy atom. The lowest BCUT2D eigenvalue weighted by Gasteiger charge is -2.61. The summed E-state index contributed by atoms with van der Waals surface area (Å²) < 4.78 is 6.01. The van der Waals surface area contributed by atoms with E-state index in [1.165, 1.54) is 103 Å². The third-order valence-electron chi connectivity index (χ3n) is 11.4. The zero-order chi connectivity index (χ0) is 27.4. The first-order chi connectivity index (χ1) is 18.3. The van der Waals surface area contributed by atoms with E-state index >= 15 is 0 Å². The minimum Gasteiger partial charge on any atom is -0.465 e. The molecule has 0 aromatic carbocycles. The predicted molar refractivity (Wildman–Crippen MR) is 163 cm³/mol. The highest BCUT2D eigenvalue weighted by molar-refractivity contribution is 5.69. The molecule has 3 aliphatic carbocycles. The first-order valence-electron chi connectivity index (χ1n) is 17.1. The molecule has 220 valence electrons. The maximum absolute atomic E-state index is 12.7. The van der Waals surface area contributed by atoms with Gasteiger partial charge in [0, 0.05) is 11.8 Å². The number of hydrogen-bond donors (Lipinski definition) is 0. The van der Waals surface area contributed by atoms with E-state index in [0.717, 1.165) is 48.9 Å². The number of carbonyl (C=O) groups excluding carboxylic acids is 1. The highest BCUT2D eigenvalue weighted by atomic mass is 16.5. The molecule has 3 unspecified atom stereocenters. The van der Waals surface area contributed by atoms with Crippen molar-refractivity contribution in [3.05, 3.63) is 12.2 Å². The second kappa shape index (κ2) is 15.9. The maximum Gasteiger partial charge on any atom is 0.305 e. The smallest absolute Gasteiger partial charge is 0.305 e. The third kappa shape index (κ3) is 8.86. The van der Waals surface area contributed by atoms with Crippen molar-refractivity contribution in [2.24, 2.45) is 40.4 Å². The minimum absolute atomic E-state index is 0.0386. The number of ether oxygens (including phenoxy) is 1. The lowest BCUT2D eigenvalue weighted by Crippen LogP contribution is -2.55. The number of unbranched alkanes of at least 4 members (excludes halogenated alkanes) is 9. The van der Waals surface area contributed by atoms with Crippen LogP contribution < -0.4 is 0 Å². The molecule has 3 aliphatic rings. The summed E-state index contributed by atoms with van der Waals surface area (Å²) in [5.41, 5.74) is 0.618. The van der Waals surface area contributed by atoms with Crippen LogP contribution in [0.5, 0.6) is 0 Å². The summed E-state index contributed by atoms with van der Waals surface area (Å²) in [7, 11) is 0. The van der Waals surface area contributed by atoms with Gasteiger partial charge in [-0.25, -0.2) is 0 Å². The minimum atomic E-state index is 0.0386. The van der Waals surface area contributed by atoms with E-state index < -0.39 is 0 Å². The van der Waals surface area contributed by atoms with Crippen LogP contribution in [0.4, 0.5) is 0 Å². The molecule has 0 aliphatic heterocycles. The van der Waals surface area contributed by atoms with Crippen LogP contribution in [0, 0.1) is 40.4 Å². The van der Waals surface area contributed by atoms with Gasteiger partial charge >= 0.3 is 5.97 Å². The molecule has 0 spiro atoms. The third-order valence-corrected chi connectivity index (χ3v) is 11.4. The van der Waals surface area contributed by atoms with E-state index in [0.29, 0.717) is 18.4 Å². The summed E-state index contributed by atoms with van der Waals surface area (Å²) in [4.78, 5) is 12.7. The van der Waals surface area contributed by atoms with Gasteiger partial charge in [-0.1, -0.05) is 91.7 Å². The molecular formula is C36H64O2. The van der Waals surface area contributed by atoms with Crippen molar-refractivity contribution in [2.45, 2.75) is 163 Å². The lowest BCUT2D eigenvalue weighted by molar-refractivity contribution is -0.163. The molecule has 0 aromatic rings.